The average molecular weight is 691 g/mol. The van der Waals surface area contributed by atoms with Crippen LogP contribution in [0.2, 0.25) is 0 Å². The van der Waals surface area contributed by atoms with E-state index in [1.807, 2.05) is 6.07 Å². The van der Waals surface area contributed by atoms with E-state index < -0.39 is 0 Å². The fourth-order valence-corrected chi connectivity index (χ4v) is 9.70. The lowest BCUT2D eigenvalue weighted by atomic mass is 9.59. The molecule has 0 aliphatic carbocycles. The fraction of sp³-hybridized carbons (Fsp3) is 0. The number of fused-ring (bicyclic) bond motifs is 8. The number of rotatable bonds is 3. The summed E-state index contributed by atoms with van der Waals surface area (Å²) < 4.78 is 6.28. The summed E-state index contributed by atoms with van der Waals surface area (Å²) in [5.74, 6) is 0. The van der Waals surface area contributed by atoms with Crippen molar-refractivity contribution in [2.75, 3.05) is 0 Å². The average Bonchev–Trinajstić information content (AvgIpc) is 3.61. The van der Waals surface area contributed by atoms with Gasteiger partial charge in [0, 0.05) is 10.8 Å². The lowest BCUT2D eigenvalue weighted by molar-refractivity contribution is 0.669. The Morgan fingerprint density at radius 2 is 0.782 bits per heavy atom. The van der Waals surface area contributed by atoms with Crippen LogP contribution in [0, 0.1) is 0 Å². The Bertz CT molecular complexity index is 3210. The molecule has 1 nitrogen and oxygen atoms in total. The van der Waals surface area contributed by atoms with Gasteiger partial charge in [-0.1, -0.05) is 125 Å². The van der Waals surface area contributed by atoms with E-state index in [1.165, 1.54) is 126 Å². The van der Waals surface area contributed by atoms with E-state index >= 15 is 0 Å². The molecule has 0 radical (unpaired) electrons. The Labute approximate surface area is 329 Å². The summed E-state index contributed by atoms with van der Waals surface area (Å²) in [6.45, 7) is 0. The third kappa shape index (κ3) is 4.85. The van der Waals surface area contributed by atoms with Gasteiger partial charge >= 0.3 is 0 Å². The maximum absolute atomic E-state index is 6.28. The molecular weight excluding hydrogens is 655 g/mol. The van der Waals surface area contributed by atoms with Crippen LogP contribution >= 0.6 is 0 Å². The normalized spacial score (nSPS) is 11.9. The minimum absolute atomic E-state index is 0.922. The summed E-state index contributed by atoms with van der Waals surface area (Å²) in [6, 6.07) is 44.6. The van der Waals surface area contributed by atoms with Crippen LogP contribution in [0.3, 0.4) is 0 Å². The molecule has 10 aromatic rings. The second-order valence-corrected chi connectivity index (χ2v) is 15.8. The molecule has 0 aliphatic rings. The number of hydrogen-bond donors (Lipinski definition) is 0. The maximum Gasteiger partial charge on any atom is 0.139 e. The molecule has 9 aromatic carbocycles. The molecule has 1 heterocycles. The Morgan fingerprint density at radius 1 is 0.309 bits per heavy atom. The molecule has 0 N–H and O–H groups in total. The fourth-order valence-electron chi connectivity index (χ4n) is 9.70. The summed E-state index contributed by atoms with van der Waals surface area (Å²) in [7, 11) is 18.6. The van der Waals surface area contributed by atoms with E-state index in [9.17, 15) is 0 Å². The molecule has 0 saturated heterocycles. The number of hydrogen-bond acceptors (Lipinski definition) is 1. The van der Waals surface area contributed by atoms with Gasteiger partial charge in [-0.15, -0.1) is 21.9 Å². The van der Waals surface area contributed by atoms with Gasteiger partial charge in [0.2, 0.25) is 0 Å². The number of para-hydroxylation sites is 1. The van der Waals surface area contributed by atoms with E-state index in [1.54, 1.807) is 0 Å². The maximum atomic E-state index is 6.28. The number of furan rings is 1. The lowest BCUT2D eigenvalue weighted by Gasteiger charge is -2.28. The first kappa shape index (κ1) is 33.9. The van der Waals surface area contributed by atoms with Gasteiger partial charge in [0.15, 0.2) is 0 Å². The van der Waals surface area contributed by atoms with Crippen LogP contribution in [-0.4, -0.2) is 62.8 Å². The predicted octanol–water partition coefficient (Wildman–Crippen LogP) is -0.733. The van der Waals surface area contributed by atoms with Crippen LogP contribution in [-0.2, 0) is 0 Å². The zero-order chi connectivity index (χ0) is 37.9. The molecule has 0 aliphatic heterocycles. The Hall–Kier alpha value is -5.66. The van der Waals surface area contributed by atoms with Crippen LogP contribution in [0.5, 0.6) is 0 Å². The molecule has 10 rings (SSSR count). The van der Waals surface area contributed by atoms with E-state index in [0.29, 0.717) is 0 Å². The zero-order valence-corrected chi connectivity index (χ0v) is 33.0. The Balaban J connectivity index is 1.31. The molecule has 9 heteroatoms. The highest BCUT2D eigenvalue weighted by Gasteiger charge is 2.25. The van der Waals surface area contributed by atoms with Crippen molar-refractivity contribution in [1.82, 2.24) is 0 Å². The highest BCUT2D eigenvalue weighted by Crippen LogP contribution is 2.43. The molecule has 0 bridgehead atoms. The summed E-state index contributed by atoms with van der Waals surface area (Å²) in [5, 5.41) is 12.9. The standard InChI is InChI=1S/C46H36B8O/c47-39-35-32(23-15-12-22(13-16-23)28-9-5-11-31-34(28)29-8-3-4-10-30(29)55-31)36-38(42(50)46(54)44(52)40(36)48)33(37(35)41(49)45(53)43(39)51)25-18-19-27-24(20-25)17-14-21-6-1-2-7-26(21)27/h1-20H,47-54H2. The monoisotopic (exact) mass is 692 g/mol. The van der Waals surface area contributed by atoms with Crippen molar-refractivity contribution in [2.24, 2.45) is 0 Å². The SMILES string of the molecule is Bc1c(B)c(B)c2c(-c3ccc4c(ccc5ccccc54)c3)c3c(B)c(B)c(B)c(B)c3c(-c3ccc(-c4cccc5oc6ccccc6c45)cc3)c2c1B. The van der Waals surface area contributed by atoms with Crippen LogP contribution in [0.25, 0.3) is 98.4 Å². The first-order chi connectivity index (χ1) is 26.6. The Morgan fingerprint density at radius 3 is 1.42 bits per heavy atom. The minimum atomic E-state index is 0.922. The molecule has 250 valence electrons. The largest absolute Gasteiger partial charge is 0.456 e. The van der Waals surface area contributed by atoms with Gasteiger partial charge in [0.05, 0.1) is 0 Å². The van der Waals surface area contributed by atoms with Gasteiger partial charge in [0.25, 0.3) is 0 Å². The van der Waals surface area contributed by atoms with Crippen LogP contribution < -0.4 is 43.7 Å². The van der Waals surface area contributed by atoms with Crippen LogP contribution in [0.15, 0.2) is 126 Å². The quantitative estimate of drug-likeness (QED) is 0.136. The third-order valence-electron chi connectivity index (χ3n) is 13.3. The molecule has 0 spiro atoms. The molecular formula is C46H36B8O. The van der Waals surface area contributed by atoms with Crippen molar-refractivity contribution in [3.63, 3.8) is 0 Å². The van der Waals surface area contributed by atoms with Gasteiger partial charge in [-0.3, -0.25) is 0 Å². The van der Waals surface area contributed by atoms with Crippen LogP contribution in [0.1, 0.15) is 0 Å². The van der Waals surface area contributed by atoms with E-state index in [-0.39, 0.29) is 0 Å². The van der Waals surface area contributed by atoms with Crippen molar-refractivity contribution >= 4 is 172 Å². The number of benzene rings is 9. The molecule has 0 atom stereocenters. The summed E-state index contributed by atoms with van der Waals surface area (Å²) in [4.78, 5) is 0. The molecule has 55 heavy (non-hydrogen) atoms. The van der Waals surface area contributed by atoms with Crippen molar-refractivity contribution in [3.05, 3.63) is 121 Å². The predicted molar refractivity (Wildman–Crippen MR) is 265 cm³/mol. The van der Waals surface area contributed by atoms with Gasteiger partial charge in [-0.2, -0.15) is 0 Å². The van der Waals surface area contributed by atoms with Crippen molar-refractivity contribution in [3.8, 4) is 33.4 Å². The van der Waals surface area contributed by atoms with E-state index in [4.69, 9.17) is 4.42 Å². The zero-order valence-electron chi connectivity index (χ0n) is 33.0. The summed E-state index contributed by atoms with van der Waals surface area (Å²) >= 11 is 0. The van der Waals surface area contributed by atoms with E-state index in [2.05, 4.69) is 178 Å². The summed E-state index contributed by atoms with van der Waals surface area (Å²) in [6.07, 6.45) is 0. The van der Waals surface area contributed by atoms with Gasteiger partial charge in [-0.25, -0.2) is 0 Å². The van der Waals surface area contributed by atoms with Gasteiger partial charge < -0.3 is 4.42 Å². The molecule has 0 unspecified atom stereocenters. The highest BCUT2D eigenvalue weighted by molar-refractivity contribution is 6.71. The van der Waals surface area contributed by atoms with Gasteiger partial charge in [-0.05, 0) is 94.7 Å². The van der Waals surface area contributed by atoms with Crippen molar-refractivity contribution in [1.29, 1.82) is 0 Å². The second kappa shape index (κ2) is 12.4. The van der Waals surface area contributed by atoms with E-state index in [0.717, 1.165) is 16.6 Å². The van der Waals surface area contributed by atoms with Crippen molar-refractivity contribution < 1.29 is 4.42 Å². The van der Waals surface area contributed by atoms with Gasteiger partial charge in [0.1, 0.15) is 73.9 Å². The molecule has 1 aromatic heterocycles. The minimum Gasteiger partial charge on any atom is -0.456 e. The molecule has 0 fully saturated rings. The van der Waals surface area contributed by atoms with Crippen LogP contribution in [0.4, 0.5) is 0 Å². The highest BCUT2D eigenvalue weighted by atomic mass is 16.3. The second-order valence-electron chi connectivity index (χ2n) is 15.8. The smallest absolute Gasteiger partial charge is 0.139 e. The molecule has 0 amide bonds. The third-order valence-corrected chi connectivity index (χ3v) is 13.3. The molecule has 0 saturated carbocycles. The lowest BCUT2D eigenvalue weighted by Crippen LogP contribution is -2.50. The Kier molecular flexibility index (Phi) is 7.66. The first-order valence-electron chi connectivity index (χ1n) is 19.5. The van der Waals surface area contributed by atoms with Crippen molar-refractivity contribution in [2.45, 2.75) is 0 Å². The topological polar surface area (TPSA) is 13.1 Å². The first-order valence-corrected chi connectivity index (χ1v) is 19.5. The summed E-state index contributed by atoms with van der Waals surface area (Å²) in [5.41, 5.74) is 20.4.